The number of benzene rings is 2. The molecule has 4 aromatic rings. The molecular formula is C25H23N3O2S. The van der Waals surface area contributed by atoms with Crippen LogP contribution in [0.5, 0.6) is 5.75 Å². The van der Waals surface area contributed by atoms with E-state index in [9.17, 15) is 4.79 Å². The molecule has 6 heteroatoms. The van der Waals surface area contributed by atoms with Crippen molar-refractivity contribution in [2.24, 2.45) is 0 Å². The lowest BCUT2D eigenvalue weighted by atomic mass is 9.99. The van der Waals surface area contributed by atoms with E-state index in [4.69, 9.17) is 4.74 Å². The van der Waals surface area contributed by atoms with E-state index in [0.717, 1.165) is 32.6 Å². The van der Waals surface area contributed by atoms with Crippen LogP contribution in [-0.4, -0.2) is 18.0 Å². The predicted molar refractivity (Wildman–Crippen MR) is 126 cm³/mol. The molecule has 2 aromatic heterocycles. The second kappa shape index (κ2) is 9.45. The smallest absolute Gasteiger partial charge is 0.256 e. The Morgan fingerprint density at radius 2 is 1.74 bits per heavy atom. The Labute approximate surface area is 185 Å². The molecule has 0 spiro atoms. The molecule has 1 amide bonds. The number of carbonyl (C=O) groups is 1. The summed E-state index contributed by atoms with van der Waals surface area (Å²) >= 11 is 1.56. The lowest BCUT2D eigenvalue weighted by Crippen LogP contribution is -2.17. The van der Waals surface area contributed by atoms with Crippen LogP contribution in [0.25, 0.3) is 0 Å². The third-order valence-electron chi connectivity index (χ3n) is 4.86. The molecule has 0 saturated carbocycles. The molecule has 0 saturated heterocycles. The number of nitrogens with zero attached hydrogens (tertiary/aromatic N) is 1. The highest BCUT2D eigenvalue weighted by atomic mass is 32.1. The normalized spacial score (nSPS) is 11.5. The molecule has 2 N–H and O–H groups in total. The first-order valence-corrected chi connectivity index (χ1v) is 10.7. The van der Waals surface area contributed by atoms with Gasteiger partial charge in [0.15, 0.2) is 0 Å². The Hall–Kier alpha value is -3.64. The average Bonchev–Trinajstić information content (AvgIpc) is 3.18. The van der Waals surface area contributed by atoms with Crippen LogP contribution >= 0.6 is 11.3 Å². The number of hydrogen-bond acceptors (Lipinski definition) is 5. The highest BCUT2D eigenvalue weighted by molar-refractivity contribution is 7.16. The summed E-state index contributed by atoms with van der Waals surface area (Å²) in [5.41, 5.74) is 2.65. The summed E-state index contributed by atoms with van der Waals surface area (Å²) in [6.45, 7) is 2.04. The fourth-order valence-electron chi connectivity index (χ4n) is 3.34. The monoisotopic (exact) mass is 429 g/mol. The van der Waals surface area contributed by atoms with Crippen molar-refractivity contribution >= 4 is 28.1 Å². The number of aromatic nitrogens is 1. The summed E-state index contributed by atoms with van der Waals surface area (Å²) in [6.07, 6.45) is 1.75. The Balaban J connectivity index is 1.71. The van der Waals surface area contributed by atoms with E-state index in [1.165, 1.54) is 0 Å². The van der Waals surface area contributed by atoms with Gasteiger partial charge in [0, 0.05) is 22.2 Å². The van der Waals surface area contributed by atoms with Gasteiger partial charge in [-0.15, -0.1) is 11.3 Å². The molecule has 0 radical (unpaired) electrons. The molecule has 2 heterocycles. The zero-order chi connectivity index (χ0) is 21.6. The first-order chi connectivity index (χ1) is 15.1. The number of rotatable bonds is 7. The van der Waals surface area contributed by atoms with Crippen molar-refractivity contribution in [3.8, 4) is 5.75 Å². The van der Waals surface area contributed by atoms with Gasteiger partial charge in [-0.1, -0.05) is 36.4 Å². The van der Waals surface area contributed by atoms with Crippen molar-refractivity contribution in [1.82, 2.24) is 4.98 Å². The van der Waals surface area contributed by atoms with E-state index in [2.05, 4.69) is 21.7 Å². The zero-order valence-electron chi connectivity index (χ0n) is 17.3. The van der Waals surface area contributed by atoms with Crippen LogP contribution in [0, 0.1) is 6.92 Å². The van der Waals surface area contributed by atoms with Gasteiger partial charge in [0.2, 0.25) is 0 Å². The van der Waals surface area contributed by atoms with Gasteiger partial charge < -0.3 is 15.4 Å². The number of nitrogens with one attached hydrogen (secondary N) is 2. The number of methoxy groups -OCH3 is 1. The molecule has 4 rings (SSSR count). The summed E-state index contributed by atoms with van der Waals surface area (Å²) in [5, 5.41) is 7.44. The number of aryl methyl sites for hydroxylation is 1. The van der Waals surface area contributed by atoms with Crippen LogP contribution in [-0.2, 0) is 0 Å². The summed E-state index contributed by atoms with van der Waals surface area (Å²) in [4.78, 5) is 18.4. The Kier molecular flexibility index (Phi) is 6.29. The first kappa shape index (κ1) is 20.6. The van der Waals surface area contributed by atoms with E-state index in [-0.39, 0.29) is 11.9 Å². The number of amides is 1. The van der Waals surface area contributed by atoms with Gasteiger partial charge in [-0.25, -0.2) is 4.98 Å². The SMILES string of the molecule is COc1ccc([C@@H](Nc2ccccn2)c2cc(C)sc2NC(=O)c2ccccc2)cc1. The molecule has 156 valence electrons. The minimum absolute atomic E-state index is 0.130. The third-order valence-corrected chi connectivity index (χ3v) is 5.85. The second-order valence-electron chi connectivity index (χ2n) is 7.03. The van der Waals surface area contributed by atoms with Gasteiger partial charge in [0.05, 0.1) is 13.2 Å². The number of carbonyl (C=O) groups excluding carboxylic acids is 1. The van der Waals surface area contributed by atoms with Gasteiger partial charge in [-0.05, 0) is 55.0 Å². The maximum absolute atomic E-state index is 12.8. The topological polar surface area (TPSA) is 63.2 Å². The Morgan fingerprint density at radius 3 is 2.42 bits per heavy atom. The molecule has 2 aromatic carbocycles. The fourth-order valence-corrected chi connectivity index (χ4v) is 4.29. The first-order valence-electron chi connectivity index (χ1n) is 9.92. The molecular weight excluding hydrogens is 406 g/mol. The van der Waals surface area contributed by atoms with Crippen molar-refractivity contribution in [1.29, 1.82) is 0 Å². The lowest BCUT2D eigenvalue weighted by molar-refractivity contribution is 0.102. The van der Waals surface area contributed by atoms with Crippen molar-refractivity contribution in [2.45, 2.75) is 13.0 Å². The Bertz CT molecular complexity index is 1140. The van der Waals surface area contributed by atoms with Crippen molar-refractivity contribution < 1.29 is 9.53 Å². The highest BCUT2D eigenvalue weighted by Gasteiger charge is 2.22. The summed E-state index contributed by atoms with van der Waals surface area (Å²) in [6, 6.07) is 24.8. The number of thiophene rings is 1. The van der Waals surface area contributed by atoms with Crippen LogP contribution in [0.3, 0.4) is 0 Å². The van der Waals surface area contributed by atoms with Crippen LogP contribution in [0.2, 0.25) is 0 Å². The predicted octanol–water partition coefficient (Wildman–Crippen LogP) is 5.91. The average molecular weight is 430 g/mol. The lowest BCUT2D eigenvalue weighted by Gasteiger charge is -2.21. The molecule has 1 atom stereocenters. The van der Waals surface area contributed by atoms with E-state index in [0.29, 0.717) is 5.56 Å². The molecule has 0 aliphatic carbocycles. The standard InChI is InChI=1S/C25H23N3O2S/c1-17-16-21(25(31-17)28-24(29)19-8-4-3-5-9-19)23(27-22-10-6-7-15-26-22)18-11-13-20(30-2)14-12-18/h3-16,23H,1-2H3,(H,26,27)(H,28,29)/t23-/m1/s1. The number of ether oxygens (including phenoxy) is 1. The molecule has 0 aliphatic rings. The second-order valence-corrected chi connectivity index (χ2v) is 8.28. The number of pyridine rings is 1. The molecule has 5 nitrogen and oxygen atoms in total. The van der Waals surface area contributed by atoms with E-state index in [1.807, 2.05) is 79.7 Å². The van der Waals surface area contributed by atoms with Crippen LogP contribution in [0.15, 0.2) is 85.1 Å². The summed E-state index contributed by atoms with van der Waals surface area (Å²) in [7, 11) is 1.65. The van der Waals surface area contributed by atoms with E-state index < -0.39 is 0 Å². The quantitative estimate of drug-likeness (QED) is 0.383. The van der Waals surface area contributed by atoms with Gasteiger partial charge in [-0.2, -0.15) is 0 Å². The zero-order valence-corrected chi connectivity index (χ0v) is 18.1. The summed E-state index contributed by atoms with van der Waals surface area (Å²) < 4.78 is 5.31. The van der Waals surface area contributed by atoms with Crippen molar-refractivity contribution in [3.63, 3.8) is 0 Å². The minimum Gasteiger partial charge on any atom is -0.497 e. The molecule has 0 fully saturated rings. The van der Waals surface area contributed by atoms with Crippen molar-refractivity contribution in [3.05, 3.63) is 107 Å². The maximum atomic E-state index is 12.8. The van der Waals surface area contributed by atoms with Crippen LogP contribution in [0.1, 0.15) is 32.4 Å². The third kappa shape index (κ3) is 4.92. The number of anilines is 2. The molecule has 0 bridgehead atoms. The van der Waals surface area contributed by atoms with Gasteiger partial charge >= 0.3 is 0 Å². The van der Waals surface area contributed by atoms with Crippen LogP contribution in [0.4, 0.5) is 10.8 Å². The summed E-state index contributed by atoms with van der Waals surface area (Å²) in [5.74, 6) is 1.42. The minimum atomic E-state index is -0.197. The highest BCUT2D eigenvalue weighted by Crippen LogP contribution is 2.38. The molecule has 31 heavy (non-hydrogen) atoms. The van der Waals surface area contributed by atoms with Gasteiger partial charge in [0.25, 0.3) is 5.91 Å². The number of hydrogen-bond donors (Lipinski definition) is 2. The van der Waals surface area contributed by atoms with Gasteiger partial charge in [0.1, 0.15) is 16.6 Å². The molecule has 0 aliphatic heterocycles. The van der Waals surface area contributed by atoms with E-state index in [1.54, 1.807) is 24.6 Å². The Morgan fingerprint density at radius 1 is 1.00 bits per heavy atom. The maximum Gasteiger partial charge on any atom is 0.256 e. The molecule has 0 unspecified atom stereocenters. The largest absolute Gasteiger partial charge is 0.497 e. The van der Waals surface area contributed by atoms with Gasteiger partial charge in [-0.3, -0.25) is 4.79 Å². The van der Waals surface area contributed by atoms with E-state index >= 15 is 0 Å². The fraction of sp³-hybridized carbons (Fsp3) is 0.120. The van der Waals surface area contributed by atoms with Crippen LogP contribution < -0.4 is 15.4 Å². The van der Waals surface area contributed by atoms with Crippen molar-refractivity contribution in [2.75, 3.05) is 17.7 Å².